The van der Waals surface area contributed by atoms with Crippen LogP contribution in [0.15, 0.2) is 64.7 Å². The molecule has 1 aromatic heterocycles. The van der Waals surface area contributed by atoms with Crippen LogP contribution in [0.4, 0.5) is 5.82 Å². The highest BCUT2D eigenvalue weighted by atomic mass is 79.9. The van der Waals surface area contributed by atoms with Crippen molar-refractivity contribution >= 4 is 32.7 Å². The van der Waals surface area contributed by atoms with Gasteiger partial charge in [-0.3, -0.25) is 0 Å². The van der Waals surface area contributed by atoms with Crippen molar-refractivity contribution in [3.8, 4) is 11.4 Å². The van der Waals surface area contributed by atoms with Crippen LogP contribution >= 0.6 is 15.9 Å². The van der Waals surface area contributed by atoms with Crippen molar-refractivity contribution in [2.45, 2.75) is 32.1 Å². The van der Waals surface area contributed by atoms with Crippen molar-refractivity contribution in [3.05, 3.63) is 64.7 Å². The predicted molar refractivity (Wildman–Crippen MR) is 112 cm³/mol. The molecule has 2 aromatic carbocycles. The van der Waals surface area contributed by atoms with Crippen LogP contribution < -0.4 is 5.32 Å². The summed E-state index contributed by atoms with van der Waals surface area (Å²) in [7, 11) is 0. The van der Waals surface area contributed by atoms with Crippen molar-refractivity contribution in [2.75, 3.05) is 11.9 Å². The van der Waals surface area contributed by atoms with Gasteiger partial charge >= 0.3 is 0 Å². The Kier molecular flexibility index (Phi) is 5.30. The molecule has 0 atom stereocenters. The molecule has 3 aromatic rings. The van der Waals surface area contributed by atoms with Gasteiger partial charge in [0.1, 0.15) is 5.82 Å². The third-order valence-corrected chi connectivity index (χ3v) is 5.36. The second kappa shape index (κ2) is 8.00. The second-order valence-electron chi connectivity index (χ2n) is 6.70. The number of fused-ring (bicyclic) bond motifs is 1. The lowest BCUT2D eigenvalue weighted by molar-refractivity contribution is 0.679. The lowest BCUT2D eigenvalue weighted by Gasteiger charge is -2.14. The summed E-state index contributed by atoms with van der Waals surface area (Å²) < 4.78 is 1.06. The molecule has 1 aliphatic carbocycles. The zero-order valence-electron chi connectivity index (χ0n) is 14.7. The fourth-order valence-corrected chi connectivity index (χ4v) is 3.68. The molecule has 3 nitrogen and oxygen atoms in total. The van der Waals surface area contributed by atoms with Crippen LogP contribution in [0.2, 0.25) is 0 Å². The normalized spacial score (nSPS) is 14.3. The van der Waals surface area contributed by atoms with E-state index in [1.54, 1.807) is 5.57 Å². The summed E-state index contributed by atoms with van der Waals surface area (Å²) in [5.74, 6) is 1.68. The van der Waals surface area contributed by atoms with Crippen molar-refractivity contribution in [1.82, 2.24) is 9.97 Å². The number of aromatic nitrogens is 2. The van der Waals surface area contributed by atoms with Crippen LogP contribution in [-0.2, 0) is 0 Å². The van der Waals surface area contributed by atoms with Crippen LogP contribution in [0.1, 0.15) is 32.1 Å². The number of hydrogen-bond acceptors (Lipinski definition) is 3. The van der Waals surface area contributed by atoms with E-state index >= 15 is 0 Å². The van der Waals surface area contributed by atoms with E-state index in [9.17, 15) is 0 Å². The van der Waals surface area contributed by atoms with E-state index < -0.39 is 0 Å². The summed E-state index contributed by atoms with van der Waals surface area (Å²) in [6, 6.07) is 16.3. The summed E-state index contributed by atoms with van der Waals surface area (Å²) in [6.45, 7) is 0.909. The van der Waals surface area contributed by atoms with Gasteiger partial charge < -0.3 is 5.32 Å². The molecule has 0 radical (unpaired) electrons. The van der Waals surface area contributed by atoms with Gasteiger partial charge in [-0.15, -0.1) is 0 Å². The largest absolute Gasteiger partial charge is 0.369 e. The van der Waals surface area contributed by atoms with E-state index in [2.05, 4.69) is 33.4 Å². The Morgan fingerprint density at radius 3 is 2.62 bits per heavy atom. The van der Waals surface area contributed by atoms with Crippen molar-refractivity contribution in [1.29, 1.82) is 0 Å². The first-order chi connectivity index (χ1) is 12.8. The molecule has 0 aliphatic heterocycles. The van der Waals surface area contributed by atoms with Gasteiger partial charge in [-0.05, 0) is 56.4 Å². The molecule has 0 unspecified atom stereocenters. The quantitative estimate of drug-likeness (QED) is 0.499. The average Bonchev–Trinajstić information content (AvgIpc) is 2.69. The Morgan fingerprint density at radius 2 is 1.81 bits per heavy atom. The molecule has 0 amide bonds. The van der Waals surface area contributed by atoms with Crippen molar-refractivity contribution in [2.24, 2.45) is 0 Å². The number of hydrogen-bond donors (Lipinski definition) is 1. The van der Waals surface area contributed by atoms with E-state index in [1.807, 2.05) is 42.5 Å². The maximum absolute atomic E-state index is 4.83. The molecule has 1 heterocycles. The van der Waals surface area contributed by atoms with Gasteiger partial charge in [0.2, 0.25) is 0 Å². The van der Waals surface area contributed by atoms with Crippen LogP contribution in [0.3, 0.4) is 0 Å². The molecule has 4 rings (SSSR count). The number of nitrogens with zero attached hydrogens (tertiary/aromatic N) is 2. The Bertz CT molecular complexity index is 932. The number of halogens is 1. The van der Waals surface area contributed by atoms with Crippen molar-refractivity contribution in [3.63, 3.8) is 0 Å². The smallest absolute Gasteiger partial charge is 0.162 e. The van der Waals surface area contributed by atoms with E-state index in [0.29, 0.717) is 0 Å². The predicted octanol–water partition coefficient (Wildman–Crippen LogP) is 6.36. The van der Waals surface area contributed by atoms with Crippen LogP contribution in [0, 0.1) is 0 Å². The topological polar surface area (TPSA) is 37.8 Å². The molecular formula is C22H22BrN3. The highest BCUT2D eigenvalue weighted by Gasteiger charge is 2.10. The van der Waals surface area contributed by atoms with Crippen LogP contribution in [-0.4, -0.2) is 16.5 Å². The molecule has 0 saturated heterocycles. The molecule has 0 spiro atoms. The van der Waals surface area contributed by atoms with E-state index in [4.69, 9.17) is 9.97 Å². The van der Waals surface area contributed by atoms with Gasteiger partial charge in [0.05, 0.1) is 5.52 Å². The lowest BCUT2D eigenvalue weighted by atomic mass is 9.97. The summed E-state index contributed by atoms with van der Waals surface area (Å²) in [4.78, 5) is 9.58. The molecule has 26 heavy (non-hydrogen) atoms. The minimum atomic E-state index is 0.760. The van der Waals surface area contributed by atoms with E-state index in [1.165, 1.54) is 25.7 Å². The van der Waals surface area contributed by atoms with Crippen molar-refractivity contribution < 1.29 is 0 Å². The summed E-state index contributed by atoms with van der Waals surface area (Å²) in [5, 5.41) is 4.63. The maximum atomic E-state index is 4.83. The lowest BCUT2D eigenvalue weighted by Crippen LogP contribution is -2.07. The molecule has 4 heteroatoms. The zero-order valence-corrected chi connectivity index (χ0v) is 16.3. The molecule has 0 fully saturated rings. The van der Waals surface area contributed by atoms with Crippen LogP contribution in [0.25, 0.3) is 22.3 Å². The minimum Gasteiger partial charge on any atom is -0.369 e. The van der Waals surface area contributed by atoms with Gasteiger partial charge in [-0.2, -0.15) is 0 Å². The maximum Gasteiger partial charge on any atom is 0.162 e. The van der Waals surface area contributed by atoms with E-state index in [0.717, 1.165) is 45.5 Å². The molecule has 1 N–H and O–H groups in total. The molecule has 0 saturated carbocycles. The molecule has 1 aliphatic rings. The van der Waals surface area contributed by atoms with Crippen LogP contribution in [0.5, 0.6) is 0 Å². The van der Waals surface area contributed by atoms with Gasteiger partial charge in [-0.25, -0.2) is 9.97 Å². The Morgan fingerprint density at radius 1 is 0.962 bits per heavy atom. The second-order valence-corrected chi connectivity index (χ2v) is 7.62. The fraction of sp³-hybridized carbons (Fsp3) is 0.273. The number of benzene rings is 2. The fourth-order valence-electron chi connectivity index (χ4n) is 3.41. The van der Waals surface area contributed by atoms with Gasteiger partial charge in [0, 0.05) is 22.0 Å². The Hall–Kier alpha value is -2.20. The summed E-state index contributed by atoms with van der Waals surface area (Å²) >= 11 is 3.49. The number of allylic oxidation sites excluding steroid dienone is 1. The number of nitrogens with one attached hydrogen (secondary N) is 1. The monoisotopic (exact) mass is 407 g/mol. The van der Waals surface area contributed by atoms with Gasteiger partial charge in [-0.1, -0.05) is 51.8 Å². The highest BCUT2D eigenvalue weighted by Crippen LogP contribution is 2.26. The number of anilines is 1. The highest BCUT2D eigenvalue weighted by molar-refractivity contribution is 9.10. The van der Waals surface area contributed by atoms with Gasteiger partial charge in [0.25, 0.3) is 0 Å². The van der Waals surface area contributed by atoms with Gasteiger partial charge in [0.15, 0.2) is 5.82 Å². The first-order valence-electron chi connectivity index (χ1n) is 9.24. The summed E-state index contributed by atoms with van der Waals surface area (Å²) in [6.07, 6.45) is 8.65. The molecule has 132 valence electrons. The summed E-state index contributed by atoms with van der Waals surface area (Å²) in [5.41, 5.74) is 3.58. The average molecular weight is 408 g/mol. The Labute approximate surface area is 162 Å². The third-order valence-electron chi connectivity index (χ3n) is 4.83. The minimum absolute atomic E-state index is 0.760. The molecule has 0 bridgehead atoms. The number of para-hydroxylation sites is 1. The number of rotatable bonds is 5. The third kappa shape index (κ3) is 3.96. The Balaban J connectivity index is 1.61. The van der Waals surface area contributed by atoms with E-state index in [-0.39, 0.29) is 0 Å². The standard InChI is InChI=1S/C22H22BrN3/c23-18-12-10-17(11-13-18)21-25-20-9-5-4-8-19(20)22(26-21)24-15-14-16-6-2-1-3-7-16/h4-6,8-13H,1-3,7,14-15H2,(H,24,25,26). The first kappa shape index (κ1) is 17.2. The SMILES string of the molecule is Brc1ccc(-c2nc(NCCC3=CCCCC3)c3ccccc3n2)cc1. The first-order valence-corrected chi connectivity index (χ1v) is 10.0. The molecular weight excluding hydrogens is 386 g/mol. The zero-order chi connectivity index (χ0) is 17.8.